The summed E-state index contributed by atoms with van der Waals surface area (Å²) in [6.45, 7) is 1.82. The Labute approximate surface area is 89.1 Å². The maximum atomic E-state index is 11.6. The first kappa shape index (κ1) is 9.33. The highest BCUT2D eigenvalue weighted by atomic mass is 79.9. The monoisotopic (exact) mass is 253 g/mol. The van der Waals surface area contributed by atoms with Crippen LogP contribution in [-0.4, -0.2) is 25.5 Å². The van der Waals surface area contributed by atoms with E-state index in [0.29, 0.717) is 16.7 Å². The first-order valence-electron chi connectivity index (χ1n) is 4.12. The first-order valence-corrected chi connectivity index (χ1v) is 5.24. The minimum absolute atomic E-state index is 0.0289. The molecule has 0 radical (unpaired) electrons. The lowest BCUT2D eigenvalue weighted by Crippen LogP contribution is -2.06. The number of carbonyl (C=O) groups excluding carboxylic acids is 1. The van der Waals surface area contributed by atoms with Gasteiger partial charge in [0.15, 0.2) is 11.4 Å². The molecule has 0 saturated heterocycles. The minimum atomic E-state index is 0.0289. The van der Waals surface area contributed by atoms with E-state index in [1.807, 2.05) is 6.92 Å². The van der Waals surface area contributed by atoms with Crippen LogP contribution < -0.4 is 0 Å². The Morgan fingerprint density at radius 2 is 2.43 bits per heavy atom. The van der Waals surface area contributed by atoms with Crippen LogP contribution in [-0.2, 0) is 0 Å². The molecule has 0 fully saturated rings. The predicted molar refractivity (Wildman–Crippen MR) is 55.8 cm³/mol. The molecule has 0 aromatic carbocycles. The van der Waals surface area contributed by atoms with E-state index in [1.54, 1.807) is 23.0 Å². The molecule has 2 aromatic heterocycles. The van der Waals surface area contributed by atoms with Gasteiger partial charge in [-0.1, -0.05) is 15.9 Å². The van der Waals surface area contributed by atoms with Gasteiger partial charge in [0.1, 0.15) is 5.69 Å². The van der Waals surface area contributed by atoms with Crippen LogP contribution in [0.1, 0.15) is 16.2 Å². The lowest BCUT2D eigenvalue weighted by molar-refractivity contribution is 0.101. The number of carbonyl (C=O) groups is 1. The molecule has 4 nitrogen and oxygen atoms in total. The largest absolute Gasteiger partial charge is 0.294 e. The van der Waals surface area contributed by atoms with Crippen molar-refractivity contribution in [2.45, 2.75) is 6.92 Å². The Balaban J connectivity index is 2.74. The average molecular weight is 254 g/mol. The zero-order valence-corrected chi connectivity index (χ0v) is 9.15. The summed E-state index contributed by atoms with van der Waals surface area (Å²) in [6, 6.07) is 0. The molecule has 0 aliphatic carbocycles. The fourth-order valence-corrected chi connectivity index (χ4v) is 1.69. The van der Waals surface area contributed by atoms with Crippen LogP contribution in [0.5, 0.6) is 0 Å². The van der Waals surface area contributed by atoms with Gasteiger partial charge in [0, 0.05) is 12.4 Å². The summed E-state index contributed by atoms with van der Waals surface area (Å²) in [5.41, 5.74) is 2.07. The van der Waals surface area contributed by atoms with Crippen LogP contribution in [0.2, 0.25) is 0 Å². The summed E-state index contributed by atoms with van der Waals surface area (Å²) in [4.78, 5) is 19.8. The summed E-state index contributed by atoms with van der Waals surface area (Å²) >= 11 is 3.15. The number of aryl methyl sites for hydroxylation is 1. The SMILES string of the molecule is Cc1nc2cnccn2c1C(=O)CBr. The zero-order valence-electron chi connectivity index (χ0n) is 7.57. The molecule has 2 rings (SSSR count). The number of hydrogen-bond acceptors (Lipinski definition) is 3. The van der Waals surface area contributed by atoms with E-state index in [4.69, 9.17) is 0 Å². The standard InChI is InChI=1S/C9H8BrN3O/c1-6-9(7(14)4-10)13-3-2-11-5-8(13)12-6/h2-3,5H,4H2,1H3. The molecule has 72 valence electrons. The number of nitrogens with zero attached hydrogens (tertiary/aromatic N) is 3. The number of aromatic nitrogens is 3. The Kier molecular flexibility index (Phi) is 2.33. The van der Waals surface area contributed by atoms with Crippen molar-refractivity contribution in [2.75, 3.05) is 5.33 Å². The van der Waals surface area contributed by atoms with Gasteiger partial charge in [-0.05, 0) is 6.92 Å². The minimum Gasteiger partial charge on any atom is -0.294 e. The van der Waals surface area contributed by atoms with Crippen molar-refractivity contribution < 1.29 is 4.79 Å². The van der Waals surface area contributed by atoms with Gasteiger partial charge in [-0.25, -0.2) is 4.98 Å². The van der Waals surface area contributed by atoms with Gasteiger partial charge in [0.2, 0.25) is 0 Å². The smallest absolute Gasteiger partial charge is 0.191 e. The summed E-state index contributed by atoms with van der Waals surface area (Å²) in [7, 11) is 0. The Hall–Kier alpha value is -1.23. The number of Topliss-reactive ketones (excluding diaryl/α,β-unsaturated/α-hetero) is 1. The van der Waals surface area contributed by atoms with Gasteiger partial charge in [0.05, 0.1) is 17.2 Å². The van der Waals surface area contributed by atoms with Gasteiger partial charge < -0.3 is 0 Å². The molecule has 0 unspecified atom stereocenters. The normalized spacial score (nSPS) is 10.7. The predicted octanol–water partition coefficient (Wildman–Crippen LogP) is 1.62. The summed E-state index contributed by atoms with van der Waals surface area (Å²) in [6.07, 6.45) is 5.02. The molecule has 0 saturated carbocycles. The first-order chi connectivity index (χ1) is 6.74. The molecular formula is C9H8BrN3O. The van der Waals surface area contributed by atoms with E-state index in [1.165, 1.54) is 0 Å². The second-order valence-electron chi connectivity index (χ2n) is 2.91. The van der Waals surface area contributed by atoms with E-state index >= 15 is 0 Å². The van der Waals surface area contributed by atoms with Gasteiger partial charge in [-0.3, -0.25) is 14.2 Å². The van der Waals surface area contributed by atoms with Gasteiger partial charge in [-0.2, -0.15) is 0 Å². The van der Waals surface area contributed by atoms with Crippen molar-refractivity contribution in [3.63, 3.8) is 0 Å². The van der Waals surface area contributed by atoms with Crippen LogP contribution in [0, 0.1) is 6.92 Å². The third-order valence-corrected chi connectivity index (χ3v) is 2.50. The second kappa shape index (κ2) is 3.49. The molecular weight excluding hydrogens is 246 g/mol. The molecule has 5 heteroatoms. The van der Waals surface area contributed by atoms with E-state index < -0.39 is 0 Å². The van der Waals surface area contributed by atoms with E-state index in [-0.39, 0.29) is 5.78 Å². The quantitative estimate of drug-likeness (QED) is 0.604. The summed E-state index contributed by atoms with van der Waals surface area (Å²) in [5, 5.41) is 0.309. The maximum absolute atomic E-state index is 11.6. The number of imidazole rings is 1. The third-order valence-electron chi connectivity index (χ3n) is 1.99. The van der Waals surface area contributed by atoms with E-state index in [0.717, 1.165) is 5.69 Å². The third kappa shape index (κ3) is 1.33. The molecule has 0 aliphatic rings. The summed E-state index contributed by atoms with van der Waals surface area (Å²) in [5.74, 6) is 0.0289. The maximum Gasteiger partial charge on any atom is 0.191 e. The number of halogens is 1. The van der Waals surface area contributed by atoms with E-state index in [9.17, 15) is 4.79 Å². The topological polar surface area (TPSA) is 47.3 Å². The number of ketones is 1. The molecule has 0 bridgehead atoms. The average Bonchev–Trinajstić information content (AvgIpc) is 2.53. The van der Waals surface area contributed by atoms with Crippen LogP contribution in [0.3, 0.4) is 0 Å². The second-order valence-corrected chi connectivity index (χ2v) is 3.47. The lowest BCUT2D eigenvalue weighted by Gasteiger charge is -1.97. The number of alkyl halides is 1. The van der Waals surface area contributed by atoms with Crippen LogP contribution in [0.15, 0.2) is 18.6 Å². The fourth-order valence-electron chi connectivity index (χ4n) is 1.42. The van der Waals surface area contributed by atoms with Gasteiger partial charge >= 0.3 is 0 Å². The lowest BCUT2D eigenvalue weighted by atomic mass is 10.2. The fraction of sp³-hybridized carbons (Fsp3) is 0.222. The highest BCUT2D eigenvalue weighted by molar-refractivity contribution is 9.09. The van der Waals surface area contributed by atoms with Crippen molar-refractivity contribution in [1.82, 2.24) is 14.4 Å². The molecule has 2 heterocycles. The molecule has 0 aliphatic heterocycles. The number of hydrogen-bond donors (Lipinski definition) is 0. The summed E-state index contributed by atoms with van der Waals surface area (Å²) < 4.78 is 1.76. The molecule has 14 heavy (non-hydrogen) atoms. The van der Waals surface area contributed by atoms with Gasteiger partial charge in [-0.15, -0.1) is 0 Å². The molecule has 0 amide bonds. The van der Waals surface area contributed by atoms with Crippen molar-refractivity contribution >= 4 is 27.4 Å². The molecule has 0 atom stereocenters. The zero-order chi connectivity index (χ0) is 10.1. The van der Waals surface area contributed by atoms with Crippen molar-refractivity contribution in [3.05, 3.63) is 30.0 Å². The van der Waals surface area contributed by atoms with Crippen LogP contribution in [0.4, 0.5) is 0 Å². The number of rotatable bonds is 2. The van der Waals surface area contributed by atoms with Crippen molar-refractivity contribution in [2.24, 2.45) is 0 Å². The van der Waals surface area contributed by atoms with E-state index in [2.05, 4.69) is 25.9 Å². The van der Waals surface area contributed by atoms with Crippen molar-refractivity contribution in [1.29, 1.82) is 0 Å². The van der Waals surface area contributed by atoms with Gasteiger partial charge in [0.25, 0.3) is 0 Å². The van der Waals surface area contributed by atoms with Crippen molar-refractivity contribution in [3.8, 4) is 0 Å². The molecule has 2 aromatic rings. The molecule has 0 spiro atoms. The number of fused-ring (bicyclic) bond motifs is 1. The highest BCUT2D eigenvalue weighted by Crippen LogP contribution is 2.12. The van der Waals surface area contributed by atoms with Crippen LogP contribution in [0.25, 0.3) is 5.65 Å². The molecule has 0 N–H and O–H groups in total. The Morgan fingerprint density at radius 1 is 1.64 bits per heavy atom. The Morgan fingerprint density at radius 3 is 3.14 bits per heavy atom. The Bertz CT molecular complexity index is 492. The highest BCUT2D eigenvalue weighted by Gasteiger charge is 2.14. The van der Waals surface area contributed by atoms with Crippen LogP contribution >= 0.6 is 15.9 Å².